The molecule has 0 saturated carbocycles. The SMILES string of the molecule is CCCn1nnnc1NCc1cc(Br)c(OCc2ccccc2F)c(OCC)c1. The summed E-state index contributed by atoms with van der Waals surface area (Å²) < 4.78 is 28.0. The van der Waals surface area contributed by atoms with Crippen LogP contribution >= 0.6 is 15.9 Å². The highest BCUT2D eigenvalue weighted by Gasteiger charge is 2.14. The Balaban J connectivity index is 1.75. The lowest BCUT2D eigenvalue weighted by molar-refractivity contribution is 0.264. The van der Waals surface area contributed by atoms with Crippen LogP contribution in [0.3, 0.4) is 0 Å². The number of benzene rings is 2. The molecule has 0 unspecified atom stereocenters. The van der Waals surface area contributed by atoms with Gasteiger partial charge in [0, 0.05) is 18.7 Å². The first-order chi connectivity index (χ1) is 14.1. The van der Waals surface area contributed by atoms with Gasteiger partial charge in [-0.1, -0.05) is 30.2 Å². The molecule has 0 atom stereocenters. The largest absolute Gasteiger partial charge is 0.490 e. The summed E-state index contributed by atoms with van der Waals surface area (Å²) in [6.07, 6.45) is 0.938. The second kappa shape index (κ2) is 10.2. The summed E-state index contributed by atoms with van der Waals surface area (Å²) in [7, 11) is 0. The minimum Gasteiger partial charge on any atom is -0.490 e. The number of aromatic nitrogens is 4. The molecule has 3 aromatic rings. The summed E-state index contributed by atoms with van der Waals surface area (Å²) in [5.74, 6) is 1.44. The number of hydrogen-bond acceptors (Lipinski definition) is 6. The molecule has 0 spiro atoms. The van der Waals surface area contributed by atoms with Crippen LogP contribution in [0.1, 0.15) is 31.4 Å². The fourth-order valence-electron chi connectivity index (χ4n) is 2.77. The monoisotopic (exact) mass is 463 g/mol. The van der Waals surface area contributed by atoms with Gasteiger partial charge in [0.05, 0.1) is 11.1 Å². The third kappa shape index (κ3) is 5.44. The van der Waals surface area contributed by atoms with Gasteiger partial charge in [0.15, 0.2) is 11.5 Å². The molecule has 0 aliphatic carbocycles. The zero-order chi connectivity index (χ0) is 20.6. The van der Waals surface area contributed by atoms with E-state index in [9.17, 15) is 4.39 Å². The van der Waals surface area contributed by atoms with Crippen LogP contribution in [-0.2, 0) is 19.7 Å². The number of ether oxygens (including phenoxy) is 2. The quantitative estimate of drug-likeness (QED) is 0.474. The maximum absolute atomic E-state index is 13.9. The van der Waals surface area contributed by atoms with E-state index in [1.165, 1.54) is 6.07 Å². The van der Waals surface area contributed by atoms with Crippen LogP contribution in [-0.4, -0.2) is 26.8 Å². The minimum absolute atomic E-state index is 0.106. The number of nitrogens with zero attached hydrogens (tertiary/aromatic N) is 4. The summed E-state index contributed by atoms with van der Waals surface area (Å²) >= 11 is 3.55. The molecule has 0 fully saturated rings. The van der Waals surface area contributed by atoms with E-state index < -0.39 is 0 Å². The Bertz CT molecular complexity index is 950. The van der Waals surface area contributed by atoms with Crippen molar-refractivity contribution in [1.29, 1.82) is 0 Å². The van der Waals surface area contributed by atoms with Crippen LogP contribution in [0.25, 0.3) is 0 Å². The molecule has 1 heterocycles. The fraction of sp³-hybridized carbons (Fsp3) is 0.350. The molecule has 1 N–H and O–H groups in total. The van der Waals surface area contributed by atoms with Gasteiger partial charge < -0.3 is 14.8 Å². The third-order valence-electron chi connectivity index (χ3n) is 4.12. The molecule has 3 rings (SSSR count). The first kappa shape index (κ1) is 21.0. The molecule has 0 saturated heterocycles. The molecule has 0 aliphatic rings. The van der Waals surface area contributed by atoms with E-state index in [0.717, 1.165) is 23.0 Å². The van der Waals surface area contributed by atoms with Gasteiger partial charge in [0.25, 0.3) is 0 Å². The van der Waals surface area contributed by atoms with E-state index in [-0.39, 0.29) is 12.4 Å². The van der Waals surface area contributed by atoms with Gasteiger partial charge in [0.2, 0.25) is 5.95 Å². The van der Waals surface area contributed by atoms with Crippen molar-refractivity contribution in [3.63, 3.8) is 0 Å². The Hall–Kier alpha value is -2.68. The summed E-state index contributed by atoms with van der Waals surface area (Å²) in [5.41, 5.74) is 1.44. The molecule has 0 radical (unpaired) electrons. The van der Waals surface area contributed by atoms with Crippen molar-refractivity contribution in [2.24, 2.45) is 0 Å². The molecule has 0 aliphatic heterocycles. The highest BCUT2D eigenvalue weighted by Crippen LogP contribution is 2.37. The summed E-state index contributed by atoms with van der Waals surface area (Å²) in [6, 6.07) is 10.4. The first-order valence-corrected chi connectivity index (χ1v) is 10.2. The molecule has 1 aromatic heterocycles. The van der Waals surface area contributed by atoms with E-state index in [2.05, 4.69) is 43.7 Å². The van der Waals surface area contributed by atoms with Crippen LogP contribution in [0.5, 0.6) is 11.5 Å². The number of rotatable bonds is 10. The standard InChI is InChI=1S/C20H23BrFN5O2/c1-3-9-27-20(24-25-26-27)23-12-14-10-16(21)19(18(11-14)28-4-2)29-13-15-7-5-6-8-17(15)22/h5-8,10-11H,3-4,9,12-13H2,1-2H3,(H,23,24,26). The number of nitrogens with one attached hydrogen (secondary N) is 1. The maximum atomic E-state index is 13.9. The summed E-state index contributed by atoms with van der Waals surface area (Å²) in [6.45, 7) is 5.81. The van der Waals surface area contributed by atoms with Crippen LogP contribution in [0, 0.1) is 5.82 Å². The van der Waals surface area contributed by atoms with Gasteiger partial charge in [-0.25, -0.2) is 9.07 Å². The Morgan fingerprint density at radius 3 is 2.76 bits per heavy atom. The van der Waals surface area contributed by atoms with Crippen molar-refractivity contribution in [2.45, 2.75) is 40.0 Å². The predicted octanol–water partition coefficient (Wildman–Crippen LogP) is 4.57. The van der Waals surface area contributed by atoms with Gasteiger partial charge in [0.1, 0.15) is 12.4 Å². The van der Waals surface area contributed by atoms with E-state index in [4.69, 9.17) is 9.47 Å². The number of aryl methyl sites for hydroxylation is 1. The Morgan fingerprint density at radius 1 is 1.17 bits per heavy atom. The number of anilines is 1. The second-order valence-electron chi connectivity index (χ2n) is 6.30. The van der Waals surface area contributed by atoms with E-state index in [0.29, 0.717) is 36.2 Å². The van der Waals surface area contributed by atoms with Crippen molar-refractivity contribution >= 4 is 21.9 Å². The molecule has 0 amide bonds. The summed E-state index contributed by atoms with van der Waals surface area (Å²) in [5, 5.41) is 14.9. The van der Waals surface area contributed by atoms with Crippen LogP contribution in [0.4, 0.5) is 10.3 Å². The average molecular weight is 464 g/mol. The normalized spacial score (nSPS) is 10.8. The molecule has 154 valence electrons. The average Bonchev–Trinajstić information content (AvgIpc) is 3.15. The van der Waals surface area contributed by atoms with Crippen molar-refractivity contribution in [2.75, 3.05) is 11.9 Å². The Morgan fingerprint density at radius 2 is 2.00 bits per heavy atom. The highest BCUT2D eigenvalue weighted by atomic mass is 79.9. The van der Waals surface area contributed by atoms with Gasteiger partial charge in [-0.05, 0) is 63.5 Å². The zero-order valence-electron chi connectivity index (χ0n) is 16.4. The van der Waals surface area contributed by atoms with Crippen molar-refractivity contribution < 1.29 is 13.9 Å². The topological polar surface area (TPSA) is 74.1 Å². The lowest BCUT2D eigenvalue weighted by Gasteiger charge is -2.16. The van der Waals surface area contributed by atoms with Crippen molar-refractivity contribution in [3.05, 3.63) is 57.8 Å². The zero-order valence-corrected chi connectivity index (χ0v) is 17.9. The number of tetrazole rings is 1. The number of hydrogen-bond donors (Lipinski definition) is 1. The van der Waals surface area contributed by atoms with Crippen LogP contribution in [0.15, 0.2) is 40.9 Å². The van der Waals surface area contributed by atoms with E-state index >= 15 is 0 Å². The highest BCUT2D eigenvalue weighted by molar-refractivity contribution is 9.10. The van der Waals surface area contributed by atoms with Crippen LogP contribution < -0.4 is 14.8 Å². The molecule has 7 nitrogen and oxygen atoms in total. The Labute approximate surface area is 177 Å². The van der Waals surface area contributed by atoms with E-state index in [1.54, 1.807) is 22.9 Å². The molecule has 9 heteroatoms. The Kier molecular flexibility index (Phi) is 7.40. The van der Waals surface area contributed by atoms with Gasteiger partial charge in [-0.3, -0.25) is 0 Å². The van der Waals surface area contributed by atoms with Gasteiger partial charge >= 0.3 is 0 Å². The van der Waals surface area contributed by atoms with E-state index in [1.807, 2.05) is 19.1 Å². The molecular formula is C20H23BrFN5O2. The van der Waals surface area contributed by atoms with Gasteiger partial charge in [-0.2, -0.15) is 0 Å². The van der Waals surface area contributed by atoms with Gasteiger partial charge in [-0.15, -0.1) is 0 Å². The summed E-state index contributed by atoms with van der Waals surface area (Å²) in [4.78, 5) is 0. The molecular weight excluding hydrogens is 441 g/mol. The molecule has 2 aromatic carbocycles. The molecule has 0 bridgehead atoms. The third-order valence-corrected chi connectivity index (χ3v) is 4.71. The van der Waals surface area contributed by atoms with Crippen molar-refractivity contribution in [1.82, 2.24) is 20.2 Å². The lowest BCUT2D eigenvalue weighted by Crippen LogP contribution is -2.09. The molecule has 29 heavy (non-hydrogen) atoms. The maximum Gasteiger partial charge on any atom is 0.243 e. The minimum atomic E-state index is -0.299. The predicted molar refractivity (Wildman–Crippen MR) is 111 cm³/mol. The smallest absolute Gasteiger partial charge is 0.243 e. The lowest BCUT2D eigenvalue weighted by atomic mass is 10.2. The second-order valence-corrected chi connectivity index (χ2v) is 7.15. The van der Waals surface area contributed by atoms with Crippen LogP contribution in [0.2, 0.25) is 0 Å². The first-order valence-electron chi connectivity index (χ1n) is 9.43. The number of halogens is 2. The van der Waals surface area contributed by atoms with Crippen molar-refractivity contribution in [3.8, 4) is 11.5 Å². The fourth-order valence-corrected chi connectivity index (χ4v) is 3.37.